The predicted molar refractivity (Wildman–Crippen MR) is 95.8 cm³/mol. The number of para-hydroxylation sites is 1. The molecule has 0 radical (unpaired) electrons. The van der Waals surface area contributed by atoms with E-state index in [1.165, 1.54) is 4.57 Å². The quantitative estimate of drug-likeness (QED) is 0.612. The second kappa shape index (κ2) is 5.99. The van der Waals surface area contributed by atoms with E-state index in [2.05, 4.69) is 15.4 Å². The number of rotatable bonds is 3. The zero-order chi connectivity index (χ0) is 18.3. The number of benzene rings is 2. The highest BCUT2D eigenvalue weighted by atomic mass is 16.4. The van der Waals surface area contributed by atoms with Crippen molar-refractivity contribution >= 4 is 22.7 Å². The number of nitrogens with one attached hydrogen (secondary N) is 1. The smallest absolute Gasteiger partial charge is 0.407 e. The van der Waals surface area contributed by atoms with Crippen LogP contribution in [0.2, 0.25) is 0 Å². The molecule has 0 atom stereocenters. The first-order valence-corrected chi connectivity index (χ1v) is 7.89. The van der Waals surface area contributed by atoms with E-state index in [-0.39, 0.29) is 11.5 Å². The third-order valence-electron chi connectivity index (χ3n) is 4.04. The zero-order valence-corrected chi connectivity index (χ0v) is 14.1. The lowest BCUT2D eigenvalue weighted by molar-refractivity contribution is 0.102. The molecular formula is C18H15N5O3. The number of amides is 1. The average Bonchev–Trinajstić information content (AvgIpc) is 3.19. The molecule has 26 heavy (non-hydrogen) atoms. The van der Waals surface area contributed by atoms with E-state index < -0.39 is 5.76 Å². The van der Waals surface area contributed by atoms with Crippen LogP contribution in [0.3, 0.4) is 0 Å². The number of oxazole rings is 1. The Morgan fingerprint density at radius 2 is 1.96 bits per heavy atom. The van der Waals surface area contributed by atoms with Crippen molar-refractivity contribution in [2.45, 2.75) is 0 Å². The van der Waals surface area contributed by atoms with E-state index in [0.717, 1.165) is 5.56 Å². The summed E-state index contributed by atoms with van der Waals surface area (Å²) in [4.78, 5) is 28.6. The van der Waals surface area contributed by atoms with Gasteiger partial charge in [0.2, 0.25) is 0 Å². The number of carbonyl (C=O) groups excluding carboxylic acids is 1. The summed E-state index contributed by atoms with van der Waals surface area (Å²) in [5, 5.41) is 7.08. The lowest BCUT2D eigenvalue weighted by Crippen LogP contribution is -2.12. The number of nitrogens with zero attached hydrogens (tertiary/aromatic N) is 4. The Morgan fingerprint density at radius 3 is 2.73 bits per heavy atom. The SMILES string of the molecule is Cn1cnc(-c2cccc(NC(=O)c3cccc4c3oc(=O)n4C)c2)n1. The van der Waals surface area contributed by atoms with Crippen LogP contribution >= 0.6 is 0 Å². The molecule has 1 amide bonds. The molecule has 0 aliphatic heterocycles. The number of hydrogen-bond donors (Lipinski definition) is 1. The maximum atomic E-state index is 12.7. The number of hydrogen-bond acceptors (Lipinski definition) is 5. The van der Waals surface area contributed by atoms with Crippen molar-refractivity contribution in [3.63, 3.8) is 0 Å². The topological polar surface area (TPSA) is 95.0 Å². The van der Waals surface area contributed by atoms with Gasteiger partial charge in [-0.2, -0.15) is 5.10 Å². The minimum absolute atomic E-state index is 0.264. The van der Waals surface area contributed by atoms with E-state index in [9.17, 15) is 9.59 Å². The Kier molecular flexibility index (Phi) is 3.65. The second-order valence-electron chi connectivity index (χ2n) is 5.86. The van der Waals surface area contributed by atoms with Crippen molar-refractivity contribution < 1.29 is 9.21 Å². The van der Waals surface area contributed by atoms with Crippen LogP contribution < -0.4 is 11.1 Å². The van der Waals surface area contributed by atoms with E-state index in [4.69, 9.17) is 4.42 Å². The van der Waals surface area contributed by atoms with Gasteiger partial charge in [0.15, 0.2) is 11.4 Å². The summed E-state index contributed by atoms with van der Waals surface area (Å²) in [7, 11) is 3.38. The van der Waals surface area contributed by atoms with E-state index in [1.54, 1.807) is 55.4 Å². The van der Waals surface area contributed by atoms with Gasteiger partial charge in [-0.3, -0.25) is 14.0 Å². The molecule has 130 valence electrons. The van der Waals surface area contributed by atoms with Gasteiger partial charge in [-0.25, -0.2) is 9.78 Å². The fourth-order valence-corrected chi connectivity index (χ4v) is 2.74. The molecule has 4 rings (SSSR count). The van der Waals surface area contributed by atoms with Crippen molar-refractivity contribution in [1.82, 2.24) is 19.3 Å². The molecule has 0 unspecified atom stereocenters. The van der Waals surface area contributed by atoms with Gasteiger partial charge in [0, 0.05) is 25.3 Å². The standard InChI is InChI=1S/C18H15N5O3/c1-22-10-19-16(21-22)11-5-3-6-12(9-11)20-17(24)13-7-4-8-14-15(13)26-18(25)23(14)2/h3-10H,1-2H3,(H,20,24). The lowest BCUT2D eigenvalue weighted by Gasteiger charge is -2.07. The van der Waals surface area contributed by atoms with Crippen LogP contribution in [0.1, 0.15) is 10.4 Å². The molecule has 8 nitrogen and oxygen atoms in total. The van der Waals surface area contributed by atoms with Gasteiger partial charge in [0.25, 0.3) is 5.91 Å². The van der Waals surface area contributed by atoms with Crippen LogP contribution in [0.5, 0.6) is 0 Å². The number of carbonyl (C=O) groups is 1. The summed E-state index contributed by atoms with van der Waals surface area (Å²) in [5.74, 6) is -0.306. The maximum absolute atomic E-state index is 12.7. The Balaban J connectivity index is 1.67. The van der Waals surface area contributed by atoms with Gasteiger partial charge in [-0.1, -0.05) is 18.2 Å². The van der Waals surface area contributed by atoms with Crippen LogP contribution in [0.4, 0.5) is 5.69 Å². The van der Waals surface area contributed by atoms with Crippen molar-refractivity contribution in [2.24, 2.45) is 14.1 Å². The largest absolute Gasteiger partial charge is 0.419 e. The molecule has 2 aromatic heterocycles. The highest BCUT2D eigenvalue weighted by Crippen LogP contribution is 2.22. The summed E-state index contributed by atoms with van der Waals surface area (Å²) < 4.78 is 8.18. The molecule has 2 aromatic carbocycles. The fourth-order valence-electron chi connectivity index (χ4n) is 2.74. The normalized spacial score (nSPS) is 11.0. The summed E-state index contributed by atoms with van der Waals surface area (Å²) >= 11 is 0. The second-order valence-corrected chi connectivity index (χ2v) is 5.86. The van der Waals surface area contributed by atoms with Gasteiger partial charge in [-0.05, 0) is 24.3 Å². The number of fused-ring (bicyclic) bond motifs is 1. The first kappa shape index (κ1) is 15.8. The minimum Gasteiger partial charge on any atom is -0.407 e. The van der Waals surface area contributed by atoms with Crippen molar-refractivity contribution in [2.75, 3.05) is 5.32 Å². The third-order valence-corrected chi connectivity index (χ3v) is 4.04. The maximum Gasteiger partial charge on any atom is 0.419 e. The Bertz CT molecular complexity index is 1180. The van der Waals surface area contributed by atoms with Crippen LogP contribution in [0, 0.1) is 0 Å². The van der Waals surface area contributed by atoms with Crippen LogP contribution in [-0.2, 0) is 14.1 Å². The average molecular weight is 349 g/mol. The monoisotopic (exact) mass is 349 g/mol. The molecule has 0 spiro atoms. The summed E-state index contributed by atoms with van der Waals surface area (Å²) in [6.45, 7) is 0. The molecule has 0 aliphatic rings. The molecule has 0 bridgehead atoms. The minimum atomic E-state index is -0.511. The molecule has 0 saturated carbocycles. The molecule has 8 heteroatoms. The van der Waals surface area contributed by atoms with Gasteiger partial charge in [-0.15, -0.1) is 0 Å². The van der Waals surface area contributed by atoms with E-state index in [0.29, 0.717) is 22.6 Å². The Morgan fingerprint density at radius 1 is 1.15 bits per heavy atom. The molecule has 0 aliphatic carbocycles. The van der Waals surface area contributed by atoms with Gasteiger partial charge in [0.1, 0.15) is 6.33 Å². The van der Waals surface area contributed by atoms with Crippen molar-refractivity contribution in [3.05, 3.63) is 64.9 Å². The first-order valence-electron chi connectivity index (χ1n) is 7.89. The number of aryl methyl sites for hydroxylation is 2. The molecular weight excluding hydrogens is 334 g/mol. The predicted octanol–water partition coefficient (Wildman–Crippen LogP) is 2.18. The van der Waals surface area contributed by atoms with Gasteiger partial charge in [0.05, 0.1) is 11.1 Å². The fraction of sp³-hybridized carbons (Fsp3) is 0.111. The van der Waals surface area contributed by atoms with E-state index in [1.807, 2.05) is 12.1 Å². The first-order chi connectivity index (χ1) is 12.5. The van der Waals surface area contributed by atoms with Gasteiger partial charge < -0.3 is 9.73 Å². The highest BCUT2D eigenvalue weighted by Gasteiger charge is 2.16. The van der Waals surface area contributed by atoms with Crippen LogP contribution in [0.25, 0.3) is 22.5 Å². The highest BCUT2D eigenvalue weighted by molar-refractivity contribution is 6.11. The van der Waals surface area contributed by atoms with Crippen LogP contribution in [0.15, 0.2) is 58.0 Å². The van der Waals surface area contributed by atoms with Gasteiger partial charge >= 0.3 is 5.76 Å². The lowest BCUT2D eigenvalue weighted by atomic mass is 10.1. The molecule has 2 heterocycles. The Hall–Kier alpha value is -3.68. The molecule has 0 saturated heterocycles. The number of aromatic nitrogens is 4. The van der Waals surface area contributed by atoms with Crippen molar-refractivity contribution in [3.8, 4) is 11.4 Å². The molecule has 4 aromatic rings. The Labute approximate surface area is 147 Å². The number of anilines is 1. The molecule has 1 N–H and O–H groups in total. The summed E-state index contributed by atoms with van der Waals surface area (Å²) in [6.07, 6.45) is 1.61. The summed E-state index contributed by atoms with van der Waals surface area (Å²) in [6, 6.07) is 12.3. The van der Waals surface area contributed by atoms with Crippen molar-refractivity contribution in [1.29, 1.82) is 0 Å². The third kappa shape index (κ3) is 2.67. The zero-order valence-electron chi connectivity index (χ0n) is 14.1. The van der Waals surface area contributed by atoms with E-state index >= 15 is 0 Å². The molecule has 0 fully saturated rings. The summed E-state index contributed by atoms with van der Waals surface area (Å²) in [5.41, 5.74) is 2.50. The van der Waals surface area contributed by atoms with Crippen LogP contribution in [-0.4, -0.2) is 25.2 Å².